The molecule has 0 saturated carbocycles. The van der Waals surface area contributed by atoms with Gasteiger partial charge in [-0.1, -0.05) is 26.0 Å². The molecule has 0 atom stereocenters. The Bertz CT molecular complexity index is 443. The summed E-state index contributed by atoms with van der Waals surface area (Å²) in [6.07, 6.45) is 0. The molecule has 0 aliphatic rings. The predicted octanol–water partition coefficient (Wildman–Crippen LogP) is 1.88. The van der Waals surface area contributed by atoms with Crippen molar-refractivity contribution in [3.05, 3.63) is 35.4 Å². The molecular formula is C14H20N4. The van der Waals surface area contributed by atoms with Crippen molar-refractivity contribution in [3.63, 3.8) is 0 Å². The van der Waals surface area contributed by atoms with E-state index < -0.39 is 0 Å². The second kappa shape index (κ2) is 7.33. The quantitative estimate of drug-likeness (QED) is 0.628. The number of rotatable bonds is 4. The number of benzene rings is 1. The number of nitrogens with zero attached hydrogens (tertiary/aromatic N) is 2. The van der Waals surface area contributed by atoms with Crippen molar-refractivity contribution in [1.82, 2.24) is 10.6 Å². The second-order valence-electron chi connectivity index (χ2n) is 4.51. The fraction of sp³-hybridized carbons (Fsp3) is 0.429. The van der Waals surface area contributed by atoms with Gasteiger partial charge in [-0.2, -0.15) is 5.26 Å². The maximum absolute atomic E-state index is 8.82. The van der Waals surface area contributed by atoms with Crippen LogP contribution in [-0.2, 0) is 6.54 Å². The number of nitrogens with one attached hydrogen (secondary N) is 2. The smallest absolute Gasteiger partial charge is 0.191 e. The van der Waals surface area contributed by atoms with E-state index >= 15 is 0 Å². The summed E-state index contributed by atoms with van der Waals surface area (Å²) < 4.78 is 0. The number of hydrogen-bond acceptors (Lipinski definition) is 2. The van der Waals surface area contributed by atoms with Crippen LogP contribution in [0.5, 0.6) is 0 Å². The summed E-state index contributed by atoms with van der Waals surface area (Å²) in [6, 6.07) is 9.69. The third-order valence-corrected chi connectivity index (χ3v) is 2.42. The molecule has 0 spiro atoms. The molecule has 1 aromatic rings. The lowest BCUT2D eigenvalue weighted by Gasteiger charge is -2.13. The van der Waals surface area contributed by atoms with Gasteiger partial charge in [0.1, 0.15) is 0 Å². The van der Waals surface area contributed by atoms with Gasteiger partial charge in [-0.05, 0) is 23.6 Å². The van der Waals surface area contributed by atoms with Gasteiger partial charge in [0.05, 0.1) is 11.6 Å². The fourth-order valence-corrected chi connectivity index (χ4v) is 1.46. The normalized spacial score (nSPS) is 11.2. The van der Waals surface area contributed by atoms with Crippen molar-refractivity contribution >= 4 is 5.96 Å². The summed E-state index contributed by atoms with van der Waals surface area (Å²) in [7, 11) is 1.75. The van der Waals surface area contributed by atoms with Crippen LogP contribution >= 0.6 is 0 Å². The predicted molar refractivity (Wildman–Crippen MR) is 74.2 cm³/mol. The molecule has 0 fully saturated rings. The second-order valence-corrected chi connectivity index (χ2v) is 4.51. The van der Waals surface area contributed by atoms with Crippen LogP contribution < -0.4 is 10.6 Å². The van der Waals surface area contributed by atoms with Crippen molar-refractivity contribution in [1.29, 1.82) is 5.26 Å². The van der Waals surface area contributed by atoms with E-state index in [9.17, 15) is 0 Å². The monoisotopic (exact) mass is 244 g/mol. The average molecular weight is 244 g/mol. The van der Waals surface area contributed by atoms with Gasteiger partial charge in [0.25, 0.3) is 0 Å². The zero-order valence-corrected chi connectivity index (χ0v) is 11.2. The molecule has 1 rings (SSSR count). The molecule has 0 unspecified atom stereocenters. The van der Waals surface area contributed by atoms with Gasteiger partial charge in [-0.15, -0.1) is 0 Å². The molecule has 0 aromatic heterocycles. The number of hydrogen-bond donors (Lipinski definition) is 2. The molecule has 0 amide bonds. The molecule has 0 aliphatic heterocycles. The highest BCUT2D eigenvalue weighted by Crippen LogP contribution is 2.03. The van der Waals surface area contributed by atoms with Crippen molar-refractivity contribution in [3.8, 4) is 6.07 Å². The largest absolute Gasteiger partial charge is 0.356 e. The van der Waals surface area contributed by atoms with E-state index in [-0.39, 0.29) is 0 Å². The van der Waals surface area contributed by atoms with E-state index in [0.717, 1.165) is 18.1 Å². The average Bonchev–Trinajstić information content (AvgIpc) is 2.39. The van der Waals surface area contributed by atoms with Crippen LogP contribution in [0, 0.1) is 17.2 Å². The molecule has 0 bridgehead atoms. The molecule has 0 aliphatic carbocycles. The lowest BCUT2D eigenvalue weighted by atomic mass is 10.1. The minimum atomic E-state index is 0.575. The lowest BCUT2D eigenvalue weighted by Crippen LogP contribution is -2.38. The van der Waals surface area contributed by atoms with E-state index in [0.29, 0.717) is 18.0 Å². The van der Waals surface area contributed by atoms with Gasteiger partial charge in [0.15, 0.2) is 5.96 Å². The third-order valence-electron chi connectivity index (χ3n) is 2.42. The number of guanidine groups is 1. The Morgan fingerprint density at radius 3 is 2.78 bits per heavy atom. The molecule has 96 valence electrons. The Balaban J connectivity index is 2.50. The van der Waals surface area contributed by atoms with Crippen molar-refractivity contribution in [2.75, 3.05) is 13.6 Å². The van der Waals surface area contributed by atoms with Crippen LogP contribution in [-0.4, -0.2) is 19.6 Å². The zero-order chi connectivity index (χ0) is 13.4. The number of aliphatic imine (C=N–C) groups is 1. The summed E-state index contributed by atoms with van der Waals surface area (Å²) in [4.78, 5) is 4.15. The fourth-order valence-electron chi connectivity index (χ4n) is 1.46. The maximum Gasteiger partial charge on any atom is 0.191 e. The minimum absolute atomic E-state index is 0.575. The van der Waals surface area contributed by atoms with Crippen molar-refractivity contribution < 1.29 is 0 Å². The summed E-state index contributed by atoms with van der Waals surface area (Å²) in [5.74, 6) is 1.36. The van der Waals surface area contributed by atoms with E-state index in [4.69, 9.17) is 5.26 Å². The molecule has 2 N–H and O–H groups in total. The van der Waals surface area contributed by atoms with Crippen molar-refractivity contribution in [2.24, 2.45) is 10.9 Å². The molecule has 0 heterocycles. The Morgan fingerprint density at radius 1 is 1.39 bits per heavy atom. The van der Waals surface area contributed by atoms with Crippen LogP contribution in [0.25, 0.3) is 0 Å². The summed E-state index contributed by atoms with van der Waals surface area (Å²) >= 11 is 0. The lowest BCUT2D eigenvalue weighted by molar-refractivity contribution is 0.614. The Kier molecular flexibility index (Phi) is 5.72. The first kappa shape index (κ1) is 14.0. The first-order valence-electron chi connectivity index (χ1n) is 6.09. The van der Waals surface area contributed by atoms with Gasteiger partial charge in [-0.25, -0.2) is 0 Å². The molecule has 18 heavy (non-hydrogen) atoms. The van der Waals surface area contributed by atoms with Crippen LogP contribution in [0.4, 0.5) is 0 Å². The van der Waals surface area contributed by atoms with Crippen LogP contribution in [0.2, 0.25) is 0 Å². The van der Waals surface area contributed by atoms with Crippen LogP contribution in [0.15, 0.2) is 29.3 Å². The molecular weight excluding hydrogens is 224 g/mol. The van der Waals surface area contributed by atoms with E-state index in [2.05, 4.69) is 35.5 Å². The van der Waals surface area contributed by atoms with Gasteiger partial charge in [0.2, 0.25) is 0 Å². The Hall–Kier alpha value is -2.02. The standard InChI is InChI=1S/C14H20N4/c1-11(2)9-17-14(16-3)18-10-13-6-4-5-12(7-13)8-15/h4-7,11H,9-10H2,1-3H3,(H2,16,17,18). The SMILES string of the molecule is CN=C(NCc1cccc(C#N)c1)NCC(C)C. The number of nitriles is 1. The van der Waals surface area contributed by atoms with Crippen LogP contribution in [0.1, 0.15) is 25.0 Å². The van der Waals surface area contributed by atoms with Gasteiger partial charge < -0.3 is 10.6 Å². The molecule has 4 nitrogen and oxygen atoms in total. The van der Waals surface area contributed by atoms with E-state index in [1.165, 1.54) is 0 Å². The highest BCUT2D eigenvalue weighted by atomic mass is 15.2. The van der Waals surface area contributed by atoms with Crippen LogP contribution in [0.3, 0.4) is 0 Å². The first-order valence-corrected chi connectivity index (χ1v) is 6.09. The molecule has 0 radical (unpaired) electrons. The molecule has 4 heteroatoms. The minimum Gasteiger partial charge on any atom is -0.356 e. The van der Waals surface area contributed by atoms with Gasteiger partial charge >= 0.3 is 0 Å². The Morgan fingerprint density at radius 2 is 2.17 bits per heavy atom. The van der Waals surface area contributed by atoms with E-state index in [1.54, 1.807) is 13.1 Å². The summed E-state index contributed by atoms with van der Waals surface area (Å²) in [5.41, 5.74) is 1.75. The zero-order valence-electron chi connectivity index (χ0n) is 11.2. The van der Waals surface area contributed by atoms with Crippen molar-refractivity contribution in [2.45, 2.75) is 20.4 Å². The summed E-state index contributed by atoms with van der Waals surface area (Å²) in [6.45, 7) is 5.85. The highest BCUT2D eigenvalue weighted by Gasteiger charge is 2.00. The highest BCUT2D eigenvalue weighted by molar-refractivity contribution is 5.79. The Labute approximate surface area is 109 Å². The van der Waals surface area contributed by atoms with Gasteiger partial charge in [-0.3, -0.25) is 4.99 Å². The molecule has 1 aromatic carbocycles. The first-order chi connectivity index (χ1) is 8.65. The van der Waals surface area contributed by atoms with Gasteiger partial charge in [0, 0.05) is 20.1 Å². The molecule has 0 saturated heterocycles. The van der Waals surface area contributed by atoms with E-state index in [1.807, 2.05) is 18.2 Å². The summed E-state index contributed by atoms with van der Waals surface area (Å²) in [5, 5.41) is 15.3. The topological polar surface area (TPSA) is 60.2 Å². The third kappa shape index (κ3) is 4.88. The maximum atomic E-state index is 8.82.